The SMILES string of the molecule is CN=C(NCc1ccc(C)cc1OCCCOC)NCc1nncn1C.I. The Kier molecular flexibility index (Phi) is 10.7. The molecule has 0 amide bonds. The lowest BCUT2D eigenvalue weighted by atomic mass is 10.1. The molecule has 0 aliphatic heterocycles. The van der Waals surface area contributed by atoms with Crippen molar-refractivity contribution in [1.82, 2.24) is 25.4 Å². The molecule has 27 heavy (non-hydrogen) atoms. The molecule has 0 atom stereocenters. The van der Waals surface area contributed by atoms with Gasteiger partial charge in [0, 0.05) is 46.3 Å². The number of nitrogens with zero attached hydrogens (tertiary/aromatic N) is 4. The number of benzene rings is 1. The van der Waals surface area contributed by atoms with E-state index in [9.17, 15) is 0 Å². The molecule has 2 N–H and O–H groups in total. The summed E-state index contributed by atoms with van der Waals surface area (Å²) in [5, 5.41) is 14.5. The number of hydrogen-bond donors (Lipinski definition) is 2. The summed E-state index contributed by atoms with van der Waals surface area (Å²) in [5.74, 6) is 2.42. The zero-order valence-corrected chi connectivity index (χ0v) is 18.7. The quantitative estimate of drug-likeness (QED) is 0.243. The fourth-order valence-electron chi connectivity index (χ4n) is 2.36. The average Bonchev–Trinajstić information content (AvgIpc) is 3.05. The summed E-state index contributed by atoms with van der Waals surface area (Å²) in [5.41, 5.74) is 2.25. The zero-order chi connectivity index (χ0) is 18.8. The topological polar surface area (TPSA) is 85.6 Å². The van der Waals surface area contributed by atoms with Crippen LogP contribution in [0.4, 0.5) is 0 Å². The van der Waals surface area contributed by atoms with Gasteiger partial charge < -0.3 is 24.7 Å². The van der Waals surface area contributed by atoms with Crippen LogP contribution in [0, 0.1) is 6.92 Å². The molecule has 2 rings (SSSR count). The number of ether oxygens (including phenoxy) is 2. The first-order valence-corrected chi connectivity index (χ1v) is 8.62. The summed E-state index contributed by atoms with van der Waals surface area (Å²) in [6.07, 6.45) is 2.53. The van der Waals surface area contributed by atoms with Gasteiger partial charge in [0.1, 0.15) is 12.1 Å². The summed E-state index contributed by atoms with van der Waals surface area (Å²) in [6.45, 7) is 4.53. The van der Waals surface area contributed by atoms with Crippen molar-refractivity contribution >= 4 is 29.9 Å². The van der Waals surface area contributed by atoms with Crippen molar-refractivity contribution in [3.8, 4) is 5.75 Å². The van der Waals surface area contributed by atoms with Crippen LogP contribution in [-0.4, -0.2) is 48.1 Å². The van der Waals surface area contributed by atoms with Crippen molar-refractivity contribution in [3.05, 3.63) is 41.5 Å². The van der Waals surface area contributed by atoms with E-state index < -0.39 is 0 Å². The van der Waals surface area contributed by atoms with Gasteiger partial charge in [-0.15, -0.1) is 34.2 Å². The summed E-state index contributed by atoms with van der Waals surface area (Å²) in [6, 6.07) is 6.21. The molecule has 2 aromatic rings. The third kappa shape index (κ3) is 7.71. The third-order valence-corrected chi connectivity index (χ3v) is 3.86. The number of rotatable bonds is 9. The van der Waals surface area contributed by atoms with E-state index in [1.807, 2.05) is 11.6 Å². The third-order valence-electron chi connectivity index (χ3n) is 3.86. The number of halogens is 1. The normalized spacial score (nSPS) is 11.0. The molecule has 0 aliphatic carbocycles. The molecule has 0 bridgehead atoms. The van der Waals surface area contributed by atoms with Crippen LogP contribution in [0.2, 0.25) is 0 Å². The smallest absolute Gasteiger partial charge is 0.191 e. The lowest BCUT2D eigenvalue weighted by Crippen LogP contribution is -2.37. The summed E-state index contributed by atoms with van der Waals surface area (Å²) < 4.78 is 12.9. The fraction of sp³-hybridized carbons (Fsp3) is 0.500. The van der Waals surface area contributed by atoms with Gasteiger partial charge in [-0.1, -0.05) is 12.1 Å². The maximum absolute atomic E-state index is 5.92. The minimum atomic E-state index is 0. The summed E-state index contributed by atoms with van der Waals surface area (Å²) in [4.78, 5) is 4.25. The Hall–Kier alpha value is -1.88. The molecule has 0 aliphatic rings. The molecule has 150 valence electrons. The predicted molar refractivity (Wildman–Crippen MR) is 117 cm³/mol. The minimum absolute atomic E-state index is 0. The Morgan fingerprint density at radius 1 is 1.22 bits per heavy atom. The molecular formula is C18H29IN6O2. The number of hydrogen-bond acceptors (Lipinski definition) is 5. The first kappa shape index (κ1) is 23.2. The van der Waals surface area contributed by atoms with Crippen molar-refractivity contribution in [2.75, 3.05) is 27.4 Å². The number of aromatic nitrogens is 3. The highest BCUT2D eigenvalue weighted by molar-refractivity contribution is 14.0. The number of methoxy groups -OCH3 is 1. The van der Waals surface area contributed by atoms with Gasteiger partial charge in [0.15, 0.2) is 11.8 Å². The fourth-order valence-corrected chi connectivity index (χ4v) is 2.36. The molecule has 0 unspecified atom stereocenters. The van der Waals surface area contributed by atoms with E-state index in [4.69, 9.17) is 9.47 Å². The number of guanidine groups is 1. The number of aryl methyl sites for hydroxylation is 2. The van der Waals surface area contributed by atoms with Crippen molar-refractivity contribution in [2.24, 2.45) is 12.0 Å². The van der Waals surface area contributed by atoms with E-state index in [1.54, 1.807) is 20.5 Å². The first-order chi connectivity index (χ1) is 12.6. The highest BCUT2D eigenvalue weighted by atomic mass is 127. The van der Waals surface area contributed by atoms with E-state index in [0.717, 1.165) is 23.6 Å². The molecule has 0 fully saturated rings. The largest absolute Gasteiger partial charge is 0.493 e. The second-order valence-corrected chi connectivity index (χ2v) is 5.94. The minimum Gasteiger partial charge on any atom is -0.493 e. The lowest BCUT2D eigenvalue weighted by molar-refractivity contribution is 0.171. The van der Waals surface area contributed by atoms with Crippen LogP contribution >= 0.6 is 24.0 Å². The van der Waals surface area contributed by atoms with Crippen LogP contribution in [0.15, 0.2) is 29.5 Å². The van der Waals surface area contributed by atoms with Crippen LogP contribution in [0.3, 0.4) is 0 Å². The van der Waals surface area contributed by atoms with Gasteiger partial charge in [0.25, 0.3) is 0 Å². The second kappa shape index (κ2) is 12.5. The van der Waals surface area contributed by atoms with Gasteiger partial charge in [-0.2, -0.15) is 0 Å². The van der Waals surface area contributed by atoms with E-state index >= 15 is 0 Å². The van der Waals surface area contributed by atoms with E-state index in [0.29, 0.717) is 32.3 Å². The van der Waals surface area contributed by atoms with E-state index in [1.165, 1.54) is 5.56 Å². The molecule has 0 radical (unpaired) electrons. The maximum atomic E-state index is 5.92. The molecule has 9 heteroatoms. The van der Waals surface area contributed by atoms with Gasteiger partial charge in [0.05, 0.1) is 13.2 Å². The van der Waals surface area contributed by atoms with Crippen LogP contribution in [0.1, 0.15) is 23.4 Å². The van der Waals surface area contributed by atoms with Crippen LogP contribution in [0.25, 0.3) is 0 Å². The number of nitrogens with one attached hydrogen (secondary N) is 2. The van der Waals surface area contributed by atoms with Crippen molar-refractivity contribution in [3.63, 3.8) is 0 Å². The molecule has 1 aromatic heterocycles. The Morgan fingerprint density at radius 3 is 2.67 bits per heavy atom. The molecular weight excluding hydrogens is 459 g/mol. The first-order valence-electron chi connectivity index (χ1n) is 8.62. The van der Waals surface area contributed by atoms with E-state index in [-0.39, 0.29) is 24.0 Å². The standard InChI is InChI=1S/C18H28N6O2.HI/c1-14-6-7-15(16(10-14)26-9-5-8-25-4)11-20-18(19-2)21-12-17-23-22-13-24(17)3;/h6-7,10,13H,5,8-9,11-12H2,1-4H3,(H2,19,20,21);1H. The Bertz CT molecular complexity index is 720. The second-order valence-electron chi connectivity index (χ2n) is 5.94. The Labute approximate surface area is 177 Å². The van der Waals surface area contributed by atoms with Gasteiger partial charge in [-0.05, 0) is 18.6 Å². The molecule has 0 spiro atoms. The highest BCUT2D eigenvalue weighted by Gasteiger charge is 2.07. The van der Waals surface area contributed by atoms with Gasteiger partial charge in [-0.25, -0.2) is 0 Å². The molecule has 8 nitrogen and oxygen atoms in total. The molecule has 0 saturated heterocycles. The zero-order valence-electron chi connectivity index (χ0n) is 16.4. The van der Waals surface area contributed by atoms with Crippen molar-refractivity contribution in [2.45, 2.75) is 26.4 Å². The van der Waals surface area contributed by atoms with Crippen LogP contribution in [0.5, 0.6) is 5.75 Å². The number of aliphatic imine (C=N–C) groups is 1. The maximum Gasteiger partial charge on any atom is 0.191 e. The Morgan fingerprint density at radius 2 is 2.00 bits per heavy atom. The molecule has 0 saturated carbocycles. The molecule has 1 aromatic carbocycles. The van der Waals surface area contributed by atoms with Crippen molar-refractivity contribution in [1.29, 1.82) is 0 Å². The average molecular weight is 488 g/mol. The lowest BCUT2D eigenvalue weighted by Gasteiger charge is -2.15. The predicted octanol–water partition coefficient (Wildman–Crippen LogP) is 2.02. The summed E-state index contributed by atoms with van der Waals surface area (Å²) >= 11 is 0. The van der Waals surface area contributed by atoms with Crippen LogP contribution < -0.4 is 15.4 Å². The highest BCUT2D eigenvalue weighted by Crippen LogP contribution is 2.20. The van der Waals surface area contributed by atoms with E-state index in [2.05, 4.69) is 50.9 Å². The van der Waals surface area contributed by atoms with Gasteiger partial charge >= 0.3 is 0 Å². The summed E-state index contributed by atoms with van der Waals surface area (Å²) in [7, 11) is 5.34. The molecule has 1 heterocycles. The monoisotopic (exact) mass is 488 g/mol. The van der Waals surface area contributed by atoms with Crippen molar-refractivity contribution < 1.29 is 9.47 Å². The van der Waals surface area contributed by atoms with Gasteiger partial charge in [-0.3, -0.25) is 4.99 Å². The van der Waals surface area contributed by atoms with Crippen LogP contribution in [-0.2, 0) is 24.9 Å². The van der Waals surface area contributed by atoms with Gasteiger partial charge in [0.2, 0.25) is 0 Å². The Balaban J connectivity index is 0.00000364.